The molecule has 0 saturated heterocycles. The fourth-order valence-electron chi connectivity index (χ4n) is 17.6. The summed E-state index contributed by atoms with van der Waals surface area (Å²) in [6.45, 7) is 31.0. The first-order valence-electron chi connectivity index (χ1n) is 43.0. The molecule has 16 aromatic rings. The number of hydrogen-bond acceptors (Lipinski definition) is 14. The minimum atomic E-state index is -0.503. The molecular formula is C104H104BIrN17PPt3-2. The van der Waals surface area contributed by atoms with Gasteiger partial charge in [0, 0.05) is 136 Å². The molecule has 2 radical (unpaired) electrons. The van der Waals surface area contributed by atoms with E-state index in [4.69, 9.17) is 9.97 Å². The van der Waals surface area contributed by atoms with E-state index >= 15 is 0 Å². The molecule has 0 N–H and O–H groups in total. The molecule has 654 valence electrons. The van der Waals surface area contributed by atoms with Gasteiger partial charge in [-0.25, -0.2) is 31.3 Å². The van der Waals surface area contributed by atoms with E-state index in [1.165, 1.54) is 55.4 Å². The summed E-state index contributed by atoms with van der Waals surface area (Å²) in [6, 6.07) is 64.9. The van der Waals surface area contributed by atoms with Crippen molar-refractivity contribution in [2.45, 2.75) is 172 Å². The molecule has 3 unspecified atom stereocenters. The van der Waals surface area contributed by atoms with Gasteiger partial charge in [-0.1, -0.05) is 260 Å². The third-order valence-electron chi connectivity index (χ3n) is 23.1. The maximum atomic E-state index is 4.90. The molecule has 3 atom stereocenters. The van der Waals surface area contributed by atoms with Crippen molar-refractivity contribution < 1.29 is 83.3 Å². The van der Waals surface area contributed by atoms with Gasteiger partial charge < -0.3 is 34.3 Å². The number of nitrogens with zero attached hydrogens (tertiary/aromatic N) is 17. The number of rotatable bonds is 16. The first kappa shape index (κ1) is 99.1. The molecule has 19 rings (SSSR count). The van der Waals surface area contributed by atoms with Crippen molar-refractivity contribution in [3.63, 3.8) is 0 Å². The van der Waals surface area contributed by atoms with Crippen LogP contribution in [-0.4, -0.2) is 86.4 Å². The summed E-state index contributed by atoms with van der Waals surface area (Å²) < 4.78 is 2.77. The fraction of sp³-hybridized carbons (Fsp3) is 0.269. The predicted molar refractivity (Wildman–Crippen MR) is 499 cm³/mol. The fourth-order valence-corrected chi connectivity index (χ4v) is 17.6. The Morgan fingerprint density at radius 1 is 0.496 bits per heavy atom. The SMILES string of the molecule is CC(C)(c1ccnc(-n2[c-]ncn2)n1)c1ccnc(-n2[c-]ncn2)n1.CCC1=C(CC)C2[C-]=C1Cc1[cH-]c(c(CC)c1CC)CC1[C-]=C(Cc3[cH-]c(c(CC)c3CC)C2)C(CC)=C1CC.C[B]P.Cc1cc(-c2ccccc2)c2ccc3c(-c4ccccc4)cc(C)nc3c2n1.[Ir].[Pt+2].[Pt+4].[Pt].[c-]1ccccc1-c1ccccn1.c1cnc(-c2nc3ccccc3[n-]2)nc1. The van der Waals surface area contributed by atoms with Crippen LogP contribution in [0.25, 0.3) is 89.9 Å². The number of benzene rings is 5. The maximum Gasteiger partial charge on any atom is 4.00 e. The normalized spacial score (nSPS) is 13.7. The van der Waals surface area contributed by atoms with Gasteiger partial charge in [-0.3, -0.25) is 42.1 Å². The minimum absolute atomic E-state index is 0. The second kappa shape index (κ2) is 47.3. The number of aromatic nitrogens is 17. The Morgan fingerprint density at radius 3 is 1.36 bits per heavy atom. The van der Waals surface area contributed by atoms with Gasteiger partial charge in [0.1, 0.15) is 18.9 Å². The summed E-state index contributed by atoms with van der Waals surface area (Å²) in [5.41, 5.74) is 35.9. The molecule has 0 amide bonds. The van der Waals surface area contributed by atoms with Crippen LogP contribution in [0.5, 0.6) is 0 Å². The molecule has 3 aliphatic rings. The van der Waals surface area contributed by atoms with Gasteiger partial charge in [0.05, 0.1) is 11.0 Å². The average Bonchev–Trinajstić information content (AvgIpc) is 1.69. The Balaban J connectivity index is 0.000000171. The predicted octanol–water partition coefficient (Wildman–Crippen LogP) is 22.0. The zero-order valence-corrected chi connectivity index (χ0v) is 84.4. The van der Waals surface area contributed by atoms with Crippen LogP contribution in [0.2, 0.25) is 6.82 Å². The quantitative estimate of drug-likeness (QED) is 0.0382. The molecule has 0 saturated carbocycles. The molecule has 0 spiro atoms. The standard InChI is InChI=1S/C40H52.C26H20N2.C15H12N10.C11H7N4.C11H8N.CH5BP.Ir.3Pt/c1-9-33-25-17-26(34(33)10-2)22-28-19-30(38(14-6)36(28)12-4)24-32-20-31(39(15-7)40(32)16-8)23-29-18-27(21-25)35(11-3)37(29)13-5;1-17-15-23(19-9-5-3-6-10-19)21-13-14-22-24(20-11-7-4-8-12-20)16-18(2)28-26(22)25(21)27-17;1-15(2,11-3-5-18-13(22-11)24-9-16-7-20-24)12-4-6-19-14(23-12)25-10-17-8-21-25;1-2-5-9-8(4-1)14-11(15-9)10-12-6-3-7-13-10;1-2-6-10(7-3-1)11-8-4-5-9-12-11;1-2-3;;;;/h17,20,27,30H,9-16,21-24H2,1-8H3;3-16H,1-2H3;3-8H,1-2H3;1-7H;1-6,8-9H;3H2,1H3;;;;/q-4;;-2;2*-1;;;;+2;+4. The first-order valence-corrected chi connectivity index (χ1v) is 43.7. The van der Waals surface area contributed by atoms with Gasteiger partial charge in [0.25, 0.3) is 0 Å². The Hall–Kier alpha value is -10.1. The van der Waals surface area contributed by atoms with E-state index < -0.39 is 5.41 Å². The number of allylic oxidation sites excluding steroid dienone is 8. The van der Waals surface area contributed by atoms with Crippen LogP contribution in [0, 0.1) is 56.6 Å². The number of para-hydroxylation sites is 2. The Morgan fingerprint density at radius 2 is 0.945 bits per heavy atom. The van der Waals surface area contributed by atoms with Crippen LogP contribution >= 0.6 is 9.12 Å². The van der Waals surface area contributed by atoms with Crippen molar-refractivity contribution in [3.05, 3.63) is 357 Å². The van der Waals surface area contributed by atoms with Gasteiger partial charge in [0.2, 0.25) is 0 Å². The van der Waals surface area contributed by atoms with Crippen LogP contribution in [0.15, 0.2) is 259 Å². The second-order valence-electron chi connectivity index (χ2n) is 31.1. The number of imidazole rings is 1. The van der Waals surface area contributed by atoms with Gasteiger partial charge in [0.15, 0.2) is 5.82 Å². The van der Waals surface area contributed by atoms with Crippen molar-refractivity contribution in [2.75, 3.05) is 0 Å². The second-order valence-corrected chi connectivity index (χ2v) is 31.7. The molecule has 7 aromatic carbocycles. The van der Waals surface area contributed by atoms with Gasteiger partial charge in [-0.15, -0.1) is 35.9 Å². The summed E-state index contributed by atoms with van der Waals surface area (Å²) >= 11 is 0. The van der Waals surface area contributed by atoms with Crippen molar-refractivity contribution in [1.29, 1.82) is 0 Å². The molecule has 0 fully saturated rings. The van der Waals surface area contributed by atoms with E-state index in [0.29, 0.717) is 35.4 Å². The zero-order valence-electron chi connectivity index (χ0n) is 74.0. The van der Waals surface area contributed by atoms with Crippen LogP contribution in [0.1, 0.15) is 162 Å². The molecule has 23 heteroatoms. The third kappa shape index (κ3) is 23.0. The van der Waals surface area contributed by atoms with Gasteiger partial charge in [-0.05, 0) is 109 Å². The maximum absolute atomic E-state index is 4.90. The molecule has 9 heterocycles. The summed E-state index contributed by atoms with van der Waals surface area (Å²) in [6.07, 6.45) is 38.3. The minimum Gasteiger partial charge on any atom is -0.433 e. The van der Waals surface area contributed by atoms with Gasteiger partial charge in [-0.2, -0.15) is 88.1 Å². The number of hydrogen-bond donors (Lipinski definition) is 0. The van der Waals surface area contributed by atoms with E-state index in [0.717, 1.165) is 144 Å². The molecular weight excluding hydrogens is 2310 g/mol. The monoisotopic (exact) mass is 2410 g/mol. The summed E-state index contributed by atoms with van der Waals surface area (Å²) in [4.78, 5) is 56.1. The summed E-state index contributed by atoms with van der Waals surface area (Å²) in [7, 11) is 2.45. The number of fused-ring (bicyclic) bond motifs is 10. The molecule has 17 nitrogen and oxygen atoms in total. The van der Waals surface area contributed by atoms with Crippen molar-refractivity contribution in [2.24, 2.45) is 11.8 Å². The Labute approximate surface area is 808 Å². The third-order valence-corrected chi connectivity index (χ3v) is 23.1. The van der Waals surface area contributed by atoms with Crippen LogP contribution < -0.4 is 4.98 Å². The Kier molecular flexibility index (Phi) is 36.9. The van der Waals surface area contributed by atoms with E-state index in [1.54, 1.807) is 104 Å². The van der Waals surface area contributed by atoms with Crippen LogP contribution in [0.3, 0.4) is 0 Å². The van der Waals surface area contributed by atoms with Crippen molar-refractivity contribution >= 4 is 49.0 Å². The molecule has 8 bridgehead atoms. The van der Waals surface area contributed by atoms with E-state index in [1.807, 2.05) is 119 Å². The zero-order chi connectivity index (χ0) is 85.9. The largest absolute Gasteiger partial charge is 4.00 e. The van der Waals surface area contributed by atoms with Crippen molar-refractivity contribution in [1.82, 2.24) is 84.4 Å². The topological polar surface area (TPSA) is 204 Å². The molecule has 127 heavy (non-hydrogen) atoms. The van der Waals surface area contributed by atoms with Crippen LogP contribution in [-0.2, 0) is 140 Å². The number of aryl methyl sites for hydroxylation is 2. The van der Waals surface area contributed by atoms with Crippen LogP contribution in [0.4, 0.5) is 0 Å². The average molecular weight is 2410 g/mol. The number of pyridine rings is 3. The molecule has 9 aromatic heterocycles. The first-order chi connectivity index (χ1) is 60.1. The van der Waals surface area contributed by atoms with E-state index in [-0.39, 0.29) is 83.3 Å². The summed E-state index contributed by atoms with van der Waals surface area (Å²) in [5.74, 6) is 2.78. The van der Waals surface area contributed by atoms with E-state index in [9.17, 15) is 0 Å². The Bertz CT molecular complexity index is 6010. The van der Waals surface area contributed by atoms with E-state index in [2.05, 4.69) is 259 Å². The smallest absolute Gasteiger partial charge is 0.433 e. The molecule has 3 aliphatic carbocycles. The van der Waals surface area contributed by atoms with Crippen molar-refractivity contribution in [3.8, 4) is 57.1 Å². The van der Waals surface area contributed by atoms with Gasteiger partial charge >= 0.3 is 42.1 Å². The summed E-state index contributed by atoms with van der Waals surface area (Å²) in [5, 5.41) is 10.3. The molecule has 0 aliphatic heterocycles.